The van der Waals surface area contributed by atoms with Crippen molar-refractivity contribution in [2.75, 3.05) is 11.4 Å². The monoisotopic (exact) mass is 244 g/mol. The van der Waals surface area contributed by atoms with Crippen molar-refractivity contribution < 1.29 is 0 Å². The van der Waals surface area contributed by atoms with Gasteiger partial charge in [0.25, 0.3) is 0 Å². The maximum Gasteiger partial charge on any atom is 0.132 e. The molecule has 0 spiro atoms. The van der Waals surface area contributed by atoms with Crippen LogP contribution in [-0.2, 0) is 19.5 Å². The van der Waals surface area contributed by atoms with Crippen LogP contribution in [0.1, 0.15) is 22.8 Å². The zero-order valence-electron chi connectivity index (χ0n) is 10.3. The van der Waals surface area contributed by atoms with E-state index >= 15 is 0 Å². The molecule has 3 N–H and O–H groups in total. The fourth-order valence-electron chi connectivity index (χ4n) is 2.30. The quantitative estimate of drug-likeness (QED) is 0.805. The molecule has 0 aliphatic carbocycles. The summed E-state index contributed by atoms with van der Waals surface area (Å²) in [5, 5.41) is 7.11. The Morgan fingerprint density at radius 1 is 1.44 bits per heavy atom. The smallest absolute Gasteiger partial charge is 0.132 e. The Morgan fingerprint density at radius 2 is 2.33 bits per heavy atom. The van der Waals surface area contributed by atoms with Gasteiger partial charge in [0, 0.05) is 43.4 Å². The van der Waals surface area contributed by atoms with Crippen molar-refractivity contribution in [2.45, 2.75) is 26.4 Å². The lowest BCUT2D eigenvalue weighted by molar-refractivity contribution is 0.704. The van der Waals surface area contributed by atoms with Crippen LogP contribution in [0.2, 0.25) is 0 Å². The number of hydrogen-bond donors (Lipinski definition) is 2. The number of fused-ring (bicyclic) bond motifs is 1. The summed E-state index contributed by atoms with van der Waals surface area (Å²) >= 11 is 0. The van der Waals surface area contributed by atoms with Crippen LogP contribution >= 0.6 is 0 Å². The van der Waals surface area contributed by atoms with Gasteiger partial charge in [-0.1, -0.05) is 0 Å². The topological polar surface area (TPSA) is 83.7 Å². The molecule has 0 bridgehead atoms. The molecular formula is C12H16N6. The van der Waals surface area contributed by atoms with Gasteiger partial charge < -0.3 is 10.6 Å². The molecule has 0 unspecified atom stereocenters. The number of aromatic amines is 1. The zero-order valence-corrected chi connectivity index (χ0v) is 10.3. The van der Waals surface area contributed by atoms with E-state index in [0.717, 1.165) is 36.8 Å². The first-order chi connectivity index (χ1) is 8.76. The summed E-state index contributed by atoms with van der Waals surface area (Å²) in [7, 11) is 0. The lowest BCUT2D eigenvalue weighted by Gasteiger charge is -2.27. The van der Waals surface area contributed by atoms with Crippen LogP contribution in [0.4, 0.5) is 5.82 Å². The van der Waals surface area contributed by atoms with Crippen LogP contribution in [0.3, 0.4) is 0 Å². The molecule has 3 heterocycles. The molecule has 94 valence electrons. The molecule has 18 heavy (non-hydrogen) atoms. The van der Waals surface area contributed by atoms with Crippen LogP contribution in [-0.4, -0.2) is 26.7 Å². The number of nitrogens with two attached hydrogens (primary N) is 1. The maximum atomic E-state index is 5.65. The summed E-state index contributed by atoms with van der Waals surface area (Å²) in [5.74, 6) is 1.72. The van der Waals surface area contributed by atoms with Crippen LogP contribution in [0.25, 0.3) is 0 Å². The van der Waals surface area contributed by atoms with E-state index in [1.807, 2.05) is 19.2 Å². The Bertz CT molecular complexity index is 561. The van der Waals surface area contributed by atoms with E-state index in [2.05, 4.69) is 25.1 Å². The largest absolute Gasteiger partial charge is 0.352 e. The highest BCUT2D eigenvalue weighted by molar-refractivity contribution is 5.43. The predicted octanol–water partition coefficient (Wildman–Crippen LogP) is 0.530. The molecule has 0 aromatic carbocycles. The molecule has 2 aromatic heterocycles. The lowest BCUT2D eigenvalue weighted by atomic mass is 10.1. The zero-order chi connectivity index (χ0) is 12.5. The van der Waals surface area contributed by atoms with E-state index in [9.17, 15) is 0 Å². The van der Waals surface area contributed by atoms with Crippen LogP contribution < -0.4 is 10.6 Å². The van der Waals surface area contributed by atoms with Gasteiger partial charge in [0.15, 0.2) is 0 Å². The minimum Gasteiger partial charge on any atom is -0.352 e. The van der Waals surface area contributed by atoms with E-state index in [1.165, 1.54) is 11.3 Å². The first-order valence-electron chi connectivity index (χ1n) is 6.07. The van der Waals surface area contributed by atoms with Gasteiger partial charge in [0.2, 0.25) is 0 Å². The minimum absolute atomic E-state index is 0.446. The maximum absolute atomic E-state index is 5.65. The summed E-state index contributed by atoms with van der Waals surface area (Å²) < 4.78 is 0. The van der Waals surface area contributed by atoms with Gasteiger partial charge in [0.1, 0.15) is 11.6 Å². The highest BCUT2D eigenvalue weighted by Crippen LogP contribution is 2.21. The highest BCUT2D eigenvalue weighted by Gasteiger charge is 2.19. The third kappa shape index (κ3) is 1.95. The van der Waals surface area contributed by atoms with Crippen molar-refractivity contribution in [1.82, 2.24) is 20.2 Å². The first kappa shape index (κ1) is 11.2. The highest BCUT2D eigenvalue weighted by atomic mass is 15.2. The predicted molar refractivity (Wildman–Crippen MR) is 68.0 cm³/mol. The van der Waals surface area contributed by atoms with Crippen molar-refractivity contribution in [3.63, 3.8) is 0 Å². The van der Waals surface area contributed by atoms with Crippen molar-refractivity contribution in [2.24, 2.45) is 5.73 Å². The van der Waals surface area contributed by atoms with Crippen molar-refractivity contribution in [1.29, 1.82) is 0 Å². The normalized spacial score (nSPS) is 14.7. The van der Waals surface area contributed by atoms with Gasteiger partial charge in [-0.2, -0.15) is 5.10 Å². The standard InChI is InChI=1S/C12H16N6/c1-8-15-10(5-13)4-12(16-8)18-3-2-11-9(7-18)6-14-17-11/h4,6H,2-3,5,7,13H2,1H3,(H,14,17). The Kier molecular flexibility index (Phi) is 2.71. The average Bonchev–Trinajstić information content (AvgIpc) is 2.85. The molecule has 1 aliphatic heterocycles. The number of anilines is 1. The van der Waals surface area contributed by atoms with Crippen molar-refractivity contribution >= 4 is 5.82 Å². The van der Waals surface area contributed by atoms with E-state index in [-0.39, 0.29) is 0 Å². The minimum atomic E-state index is 0.446. The lowest BCUT2D eigenvalue weighted by Crippen LogP contribution is -2.31. The Labute approximate surface area is 105 Å². The number of aryl methyl sites for hydroxylation is 1. The first-order valence-corrected chi connectivity index (χ1v) is 6.07. The molecule has 2 aromatic rings. The molecule has 1 aliphatic rings. The van der Waals surface area contributed by atoms with Gasteiger partial charge in [-0.3, -0.25) is 5.10 Å². The molecule has 6 nitrogen and oxygen atoms in total. The molecule has 0 amide bonds. The number of rotatable bonds is 2. The summed E-state index contributed by atoms with van der Waals surface area (Å²) in [6, 6.07) is 1.97. The van der Waals surface area contributed by atoms with E-state index in [0.29, 0.717) is 6.54 Å². The SMILES string of the molecule is Cc1nc(CN)cc(N2CCc3[nH]ncc3C2)n1. The van der Waals surface area contributed by atoms with Crippen LogP contribution in [0.5, 0.6) is 0 Å². The third-order valence-corrected chi connectivity index (χ3v) is 3.21. The average molecular weight is 244 g/mol. The van der Waals surface area contributed by atoms with Crippen LogP contribution in [0, 0.1) is 6.92 Å². The summed E-state index contributed by atoms with van der Waals surface area (Å²) in [6.45, 7) is 4.12. The third-order valence-electron chi connectivity index (χ3n) is 3.21. The molecule has 0 saturated heterocycles. The summed E-state index contributed by atoms with van der Waals surface area (Å²) in [5.41, 5.74) is 9.01. The molecular weight excluding hydrogens is 228 g/mol. The number of aromatic nitrogens is 4. The Morgan fingerprint density at radius 3 is 3.17 bits per heavy atom. The Balaban J connectivity index is 1.90. The number of nitrogens with zero attached hydrogens (tertiary/aromatic N) is 4. The summed E-state index contributed by atoms with van der Waals surface area (Å²) in [6.07, 6.45) is 2.86. The van der Waals surface area contributed by atoms with Crippen molar-refractivity contribution in [3.8, 4) is 0 Å². The van der Waals surface area contributed by atoms with Gasteiger partial charge >= 0.3 is 0 Å². The molecule has 6 heteroatoms. The fourth-order valence-corrected chi connectivity index (χ4v) is 2.30. The number of hydrogen-bond acceptors (Lipinski definition) is 5. The molecule has 3 rings (SSSR count). The molecule has 0 saturated carbocycles. The second kappa shape index (κ2) is 4.38. The molecule has 0 fully saturated rings. The van der Waals surface area contributed by atoms with Gasteiger partial charge in [-0.05, 0) is 6.92 Å². The number of H-pyrrole nitrogens is 1. The second-order valence-electron chi connectivity index (χ2n) is 4.51. The van der Waals surface area contributed by atoms with E-state index < -0.39 is 0 Å². The number of nitrogens with one attached hydrogen (secondary N) is 1. The van der Waals surface area contributed by atoms with Gasteiger partial charge in [0.05, 0.1) is 11.9 Å². The van der Waals surface area contributed by atoms with Crippen molar-refractivity contribution in [3.05, 3.63) is 35.0 Å². The molecule has 0 atom stereocenters. The second-order valence-corrected chi connectivity index (χ2v) is 4.51. The van der Waals surface area contributed by atoms with E-state index in [1.54, 1.807) is 0 Å². The Hall–Kier alpha value is -1.95. The van der Waals surface area contributed by atoms with E-state index in [4.69, 9.17) is 5.73 Å². The molecule has 0 radical (unpaired) electrons. The fraction of sp³-hybridized carbons (Fsp3) is 0.417. The summed E-state index contributed by atoms with van der Waals surface area (Å²) in [4.78, 5) is 11.0. The van der Waals surface area contributed by atoms with Crippen LogP contribution in [0.15, 0.2) is 12.3 Å². The van der Waals surface area contributed by atoms with Gasteiger partial charge in [-0.15, -0.1) is 0 Å². The van der Waals surface area contributed by atoms with Gasteiger partial charge in [-0.25, -0.2) is 9.97 Å².